The molecule has 2 N–H and O–H groups in total. The van der Waals surface area contributed by atoms with Crippen LogP contribution in [0.25, 0.3) is 0 Å². The largest absolute Gasteiger partial charge is 0.401 e. The first-order chi connectivity index (χ1) is 7.99. The van der Waals surface area contributed by atoms with Gasteiger partial charge in [-0.15, -0.1) is 0 Å². The second-order valence-corrected chi connectivity index (χ2v) is 4.38. The zero-order chi connectivity index (χ0) is 12.5. The van der Waals surface area contributed by atoms with Crippen LogP contribution in [0, 0.1) is 0 Å². The summed E-state index contributed by atoms with van der Waals surface area (Å²) in [4.78, 5) is 1.42. The van der Waals surface area contributed by atoms with Gasteiger partial charge in [-0.2, -0.15) is 13.2 Å². The van der Waals surface area contributed by atoms with Gasteiger partial charge in [0, 0.05) is 19.1 Å². The number of benzene rings is 1. The standard InChI is InChI=1S/C12H15F3N2/c13-12(14,15)8-17-7-10-4-2-1-3-9(10)5-11(17)6-16/h1-4,11H,5-8,16H2. The highest BCUT2D eigenvalue weighted by Gasteiger charge is 2.35. The van der Waals surface area contributed by atoms with Crippen molar-refractivity contribution in [2.75, 3.05) is 13.1 Å². The van der Waals surface area contributed by atoms with Crippen molar-refractivity contribution in [1.29, 1.82) is 0 Å². The predicted molar refractivity (Wildman–Crippen MR) is 59.5 cm³/mol. The highest BCUT2D eigenvalue weighted by molar-refractivity contribution is 5.30. The molecule has 17 heavy (non-hydrogen) atoms. The first kappa shape index (κ1) is 12.4. The first-order valence-electron chi connectivity index (χ1n) is 5.57. The molecule has 1 aliphatic heterocycles. The lowest BCUT2D eigenvalue weighted by atomic mass is 9.94. The number of halogens is 3. The van der Waals surface area contributed by atoms with Crippen molar-refractivity contribution in [3.8, 4) is 0 Å². The van der Waals surface area contributed by atoms with Crippen LogP contribution in [0.3, 0.4) is 0 Å². The number of nitrogens with zero attached hydrogens (tertiary/aromatic N) is 1. The Morgan fingerprint density at radius 3 is 2.47 bits per heavy atom. The second kappa shape index (κ2) is 4.66. The van der Waals surface area contributed by atoms with Crippen molar-refractivity contribution in [2.45, 2.75) is 25.2 Å². The molecule has 1 aromatic carbocycles. The van der Waals surface area contributed by atoms with E-state index in [1.807, 2.05) is 24.3 Å². The highest BCUT2D eigenvalue weighted by Crippen LogP contribution is 2.26. The lowest BCUT2D eigenvalue weighted by Crippen LogP contribution is -2.48. The average molecular weight is 244 g/mol. The van der Waals surface area contributed by atoms with Gasteiger partial charge in [-0.3, -0.25) is 4.90 Å². The van der Waals surface area contributed by atoms with E-state index in [-0.39, 0.29) is 12.6 Å². The summed E-state index contributed by atoms with van der Waals surface area (Å²) >= 11 is 0. The smallest absolute Gasteiger partial charge is 0.329 e. The maximum absolute atomic E-state index is 12.4. The third-order valence-corrected chi connectivity index (χ3v) is 3.12. The van der Waals surface area contributed by atoms with E-state index in [1.54, 1.807) is 0 Å². The molecule has 0 amide bonds. The number of alkyl halides is 3. The molecule has 0 saturated heterocycles. The first-order valence-corrected chi connectivity index (χ1v) is 5.57. The molecular weight excluding hydrogens is 229 g/mol. The van der Waals surface area contributed by atoms with Gasteiger partial charge in [0.2, 0.25) is 0 Å². The van der Waals surface area contributed by atoms with Crippen LogP contribution in [0.2, 0.25) is 0 Å². The quantitative estimate of drug-likeness (QED) is 0.861. The maximum atomic E-state index is 12.4. The molecule has 2 rings (SSSR count). The number of fused-ring (bicyclic) bond motifs is 1. The van der Waals surface area contributed by atoms with Crippen LogP contribution in [0.5, 0.6) is 0 Å². The molecule has 94 valence electrons. The van der Waals surface area contributed by atoms with Gasteiger partial charge in [0.15, 0.2) is 0 Å². The van der Waals surface area contributed by atoms with Gasteiger partial charge in [0.05, 0.1) is 6.54 Å². The zero-order valence-corrected chi connectivity index (χ0v) is 9.37. The molecule has 1 aliphatic rings. The summed E-state index contributed by atoms with van der Waals surface area (Å²) in [5, 5.41) is 0. The Labute approximate surface area is 98.2 Å². The molecule has 1 atom stereocenters. The Morgan fingerprint density at radius 1 is 1.24 bits per heavy atom. The summed E-state index contributed by atoms with van der Waals surface area (Å²) < 4.78 is 37.3. The fourth-order valence-electron chi connectivity index (χ4n) is 2.29. The van der Waals surface area contributed by atoms with Crippen molar-refractivity contribution in [1.82, 2.24) is 4.90 Å². The van der Waals surface area contributed by atoms with Gasteiger partial charge < -0.3 is 5.73 Å². The second-order valence-electron chi connectivity index (χ2n) is 4.38. The lowest BCUT2D eigenvalue weighted by molar-refractivity contribution is -0.152. The summed E-state index contributed by atoms with van der Waals surface area (Å²) in [5.74, 6) is 0. The van der Waals surface area contributed by atoms with E-state index in [1.165, 1.54) is 4.90 Å². The molecule has 0 aliphatic carbocycles. The lowest BCUT2D eigenvalue weighted by Gasteiger charge is -2.36. The maximum Gasteiger partial charge on any atom is 0.401 e. The van der Waals surface area contributed by atoms with Gasteiger partial charge in [-0.05, 0) is 17.5 Å². The molecule has 0 saturated carbocycles. The van der Waals surface area contributed by atoms with Gasteiger partial charge in [-0.1, -0.05) is 24.3 Å². The van der Waals surface area contributed by atoms with Crippen molar-refractivity contribution in [3.05, 3.63) is 35.4 Å². The van der Waals surface area contributed by atoms with Gasteiger partial charge in [0.25, 0.3) is 0 Å². The van der Waals surface area contributed by atoms with E-state index in [2.05, 4.69) is 0 Å². The highest BCUT2D eigenvalue weighted by atomic mass is 19.4. The number of nitrogens with two attached hydrogens (primary N) is 1. The van der Waals surface area contributed by atoms with E-state index < -0.39 is 12.7 Å². The summed E-state index contributed by atoms with van der Waals surface area (Å²) in [6.07, 6.45) is -3.57. The molecule has 1 aromatic rings. The fourth-order valence-corrected chi connectivity index (χ4v) is 2.29. The summed E-state index contributed by atoms with van der Waals surface area (Å²) in [7, 11) is 0. The van der Waals surface area contributed by atoms with Crippen LogP contribution in [0.4, 0.5) is 13.2 Å². The minimum Gasteiger partial charge on any atom is -0.329 e. The normalized spacial score (nSPS) is 21.3. The Morgan fingerprint density at radius 2 is 1.88 bits per heavy atom. The van der Waals surface area contributed by atoms with Crippen LogP contribution >= 0.6 is 0 Å². The summed E-state index contributed by atoms with van der Waals surface area (Å²) in [5.41, 5.74) is 7.65. The third-order valence-electron chi connectivity index (χ3n) is 3.12. The number of hydrogen-bond donors (Lipinski definition) is 1. The van der Waals surface area contributed by atoms with E-state index in [0.29, 0.717) is 13.0 Å². The van der Waals surface area contributed by atoms with Crippen LogP contribution in [0.15, 0.2) is 24.3 Å². The van der Waals surface area contributed by atoms with E-state index in [4.69, 9.17) is 5.73 Å². The Balaban J connectivity index is 2.18. The molecule has 2 nitrogen and oxygen atoms in total. The van der Waals surface area contributed by atoms with Crippen LogP contribution < -0.4 is 5.73 Å². The minimum atomic E-state index is -4.17. The molecule has 0 bridgehead atoms. The van der Waals surface area contributed by atoms with Crippen molar-refractivity contribution >= 4 is 0 Å². The molecule has 0 aromatic heterocycles. The topological polar surface area (TPSA) is 29.3 Å². The fraction of sp³-hybridized carbons (Fsp3) is 0.500. The van der Waals surface area contributed by atoms with Crippen LogP contribution in [0.1, 0.15) is 11.1 Å². The van der Waals surface area contributed by atoms with E-state index in [9.17, 15) is 13.2 Å². The van der Waals surface area contributed by atoms with E-state index in [0.717, 1.165) is 11.1 Å². The van der Waals surface area contributed by atoms with Gasteiger partial charge in [-0.25, -0.2) is 0 Å². The average Bonchev–Trinajstić information content (AvgIpc) is 2.26. The molecule has 0 radical (unpaired) electrons. The minimum absolute atomic E-state index is 0.216. The van der Waals surface area contributed by atoms with Gasteiger partial charge in [0.1, 0.15) is 0 Å². The third kappa shape index (κ3) is 2.98. The van der Waals surface area contributed by atoms with Crippen molar-refractivity contribution in [3.63, 3.8) is 0 Å². The Bertz CT molecular complexity index is 390. The number of rotatable bonds is 2. The van der Waals surface area contributed by atoms with Crippen molar-refractivity contribution < 1.29 is 13.2 Å². The number of hydrogen-bond acceptors (Lipinski definition) is 2. The van der Waals surface area contributed by atoms with E-state index >= 15 is 0 Å². The zero-order valence-electron chi connectivity index (χ0n) is 9.37. The summed E-state index contributed by atoms with van der Waals surface area (Å²) in [6.45, 7) is -0.300. The SMILES string of the molecule is NCC1Cc2ccccc2CN1CC(F)(F)F. The van der Waals surface area contributed by atoms with Crippen molar-refractivity contribution in [2.24, 2.45) is 5.73 Å². The predicted octanol–water partition coefficient (Wildman–Crippen LogP) is 1.93. The molecule has 0 spiro atoms. The van der Waals surface area contributed by atoms with Crippen LogP contribution in [-0.2, 0) is 13.0 Å². The molecular formula is C12H15F3N2. The molecule has 1 unspecified atom stereocenters. The van der Waals surface area contributed by atoms with Gasteiger partial charge >= 0.3 is 6.18 Å². The molecule has 5 heteroatoms. The monoisotopic (exact) mass is 244 g/mol. The molecule has 0 fully saturated rings. The summed E-state index contributed by atoms with van der Waals surface area (Å²) in [6, 6.07) is 7.39. The van der Waals surface area contributed by atoms with Crippen LogP contribution in [-0.4, -0.2) is 30.2 Å². The Kier molecular flexibility index (Phi) is 3.40. The molecule has 1 heterocycles. The Hall–Kier alpha value is -1.07.